The molecular formula is C64H83F3N20O15S. The molecule has 0 spiro atoms. The number of fused-ring (bicyclic) bond motifs is 1. The van der Waals surface area contributed by atoms with E-state index < -0.39 is 151 Å². The van der Waals surface area contributed by atoms with Crippen LogP contribution < -0.4 is 81.8 Å². The summed E-state index contributed by atoms with van der Waals surface area (Å²) in [5.41, 5.74) is 30.4. The third kappa shape index (κ3) is 29.9. The Morgan fingerprint density at radius 3 is 1.81 bits per heavy atom. The number of amides is 11. The number of hydrogen-bond donors (Lipinski definition) is 19. The molecule has 0 bridgehead atoms. The first kappa shape index (κ1) is 81.9. The number of nitrogens with one attached hydrogen (secondary N) is 12. The molecule has 0 saturated carbocycles. The number of aromatic nitrogens is 3. The van der Waals surface area contributed by atoms with Crippen molar-refractivity contribution in [3.8, 4) is 0 Å². The largest absolute Gasteiger partial charge is 0.490 e. The average Bonchev–Trinajstić information content (AvgIpc) is 1.74. The first-order valence-electron chi connectivity index (χ1n) is 32.0. The van der Waals surface area contributed by atoms with Gasteiger partial charge in [-0.15, -0.1) is 0 Å². The zero-order chi connectivity index (χ0) is 75.6. The average molecular weight is 1460 g/mol. The zero-order valence-corrected chi connectivity index (χ0v) is 56.2. The molecule has 1 aliphatic rings. The van der Waals surface area contributed by atoms with Crippen molar-refractivity contribution in [3.63, 3.8) is 0 Å². The second kappa shape index (κ2) is 41.7. The van der Waals surface area contributed by atoms with Gasteiger partial charge in [-0.1, -0.05) is 78.9 Å². The number of benzene rings is 3. The number of guanidine groups is 2. The van der Waals surface area contributed by atoms with Crippen molar-refractivity contribution in [3.05, 3.63) is 126 Å². The van der Waals surface area contributed by atoms with Crippen LogP contribution in [-0.2, 0) is 88.0 Å². The lowest BCUT2D eigenvalue weighted by Gasteiger charge is -2.28. The second-order valence-electron chi connectivity index (χ2n) is 23.2. The Kier molecular flexibility index (Phi) is 33.1. The number of carbonyl (C=O) groups excluding carboxylic acids is 11. The molecule has 2 aromatic heterocycles. The minimum atomic E-state index is -5.08. The van der Waals surface area contributed by atoms with Crippen LogP contribution in [0.2, 0.25) is 0 Å². The van der Waals surface area contributed by atoms with Crippen LogP contribution in [-0.4, -0.2) is 206 Å². The van der Waals surface area contributed by atoms with Gasteiger partial charge in [-0.05, 0) is 60.6 Å². The normalized spacial score (nSPS) is 18.2. The van der Waals surface area contributed by atoms with E-state index in [9.17, 15) is 66.2 Å². The summed E-state index contributed by atoms with van der Waals surface area (Å²) < 4.78 is 31.7. The number of aliphatic carboxylic acids is 2. The summed E-state index contributed by atoms with van der Waals surface area (Å²) in [4.78, 5) is 194. The van der Waals surface area contributed by atoms with Gasteiger partial charge in [0.1, 0.15) is 48.3 Å². The van der Waals surface area contributed by atoms with Gasteiger partial charge in [0.2, 0.25) is 65.0 Å². The van der Waals surface area contributed by atoms with E-state index in [0.29, 0.717) is 33.3 Å². The fourth-order valence-electron chi connectivity index (χ4n) is 10.0. The number of rotatable bonds is 27. The van der Waals surface area contributed by atoms with Gasteiger partial charge >= 0.3 is 18.1 Å². The number of carboxylic acids is 2. The second-order valence-corrected chi connectivity index (χ2v) is 24.4. The molecule has 3 aromatic carbocycles. The van der Waals surface area contributed by atoms with Crippen molar-refractivity contribution < 1.29 is 85.7 Å². The molecule has 5 aromatic rings. The minimum Gasteiger partial charge on any atom is -0.481 e. The van der Waals surface area contributed by atoms with E-state index in [4.69, 9.17) is 38.6 Å². The maximum atomic E-state index is 15.1. The summed E-state index contributed by atoms with van der Waals surface area (Å²) in [5.74, 6) is -14.9. The van der Waals surface area contributed by atoms with Crippen molar-refractivity contribution in [1.82, 2.24) is 68.1 Å². The van der Waals surface area contributed by atoms with E-state index in [1.807, 2.05) is 0 Å². The highest BCUT2D eigenvalue weighted by Crippen LogP contribution is 2.21. The number of imidazole rings is 1. The fourth-order valence-corrected chi connectivity index (χ4v) is 11.0. The number of primary amides is 1. The molecule has 24 N–H and O–H groups in total. The summed E-state index contributed by atoms with van der Waals surface area (Å²) >= 11 is 1.05. The molecule has 0 radical (unpaired) electrons. The Hall–Kier alpha value is -11.8. The number of nitrogens with two attached hydrogens (primary N) is 5. The molecule has 1 saturated heterocycles. The summed E-state index contributed by atoms with van der Waals surface area (Å²) in [6, 6.07) is 11.8. The van der Waals surface area contributed by atoms with Gasteiger partial charge in [0.25, 0.3) is 0 Å². The summed E-state index contributed by atoms with van der Waals surface area (Å²) in [6.07, 6.45) is -2.63. The molecule has 2 unspecified atom stereocenters. The number of para-hydroxylation sites is 1. The fraction of sp³-hybridized carbons (Fsp3) is 0.406. The third-order valence-corrected chi connectivity index (χ3v) is 16.2. The Balaban J connectivity index is 0.00000258. The predicted octanol–water partition coefficient (Wildman–Crippen LogP) is -3.50. The van der Waals surface area contributed by atoms with Crippen molar-refractivity contribution in [1.29, 1.82) is 0 Å². The molecule has 11 amide bonds. The molecule has 35 nitrogen and oxygen atoms in total. The van der Waals surface area contributed by atoms with Gasteiger partial charge in [-0.2, -0.15) is 24.9 Å². The number of aromatic amines is 2. The molecule has 0 aliphatic carbocycles. The molecule has 103 heavy (non-hydrogen) atoms. The van der Waals surface area contributed by atoms with Crippen molar-refractivity contribution in [2.45, 2.75) is 125 Å². The minimum absolute atomic E-state index is 0.0168. The predicted molar refractivity (Wildman–Crippen MR) is 368 cm³/mol. The first-order chi connectivity index (χ1) is 48.9. The maximum Gasteiger partial charge on any atom is 0.490 e. The smallest absolute Gasteiger partial charge is 0.481 e. The number of halogens is 3. The maximum absolute atomic E-state index is 15.1. The standard InChI is InChI=1S/C62H82N20O13S.C2HF3O2/c63-49(83)31-73-53(88)43(24-35-12-3-1-4-13-35)78-54(89)41(18-9-21-69-61(64)65)77-59(94)47(28-52(86)87)81-60(95)48-33-96-23-11-20-50(84)72-32-51(85)75-46(27-38-30-68-34-74-38)58(93)79-44(25-36-14-5-2-6-15-36)56(91)76-42(19-10-22-70-62(66)67)55(90)80-45(57(92)82-48)26-37-29-71-40-17-8-7-16-39(37)40;3-2(4,5)1(6)7/h1-8,12-17,29-30,34,41-48,71H,9-11,18-28,31-33H2,(H2,63,83)(H,68,74)(H,72,84)(H,73,88)(H,75,85)(H,76,91)(H,77,94)(H,78,89)(H,79,93)(H,80,90)(H,81,95)(H,82,92)(H,86,87)(H4,64,65,69)(H4,66,67,70);(H,6,7)/t41-,42-,43-,44+,45+,46?,47-,48?;/m0./s1. The lowest BCUT2D eigenvalue weighted by molar-refractivity contribution is -0.192. The number of aliphatic imine (C=N–C) groups is 2. The van der Waals surface area contributed by atoms with Crippen LogP contribution in [0, 0.1) is 0 Å². The molecule has 1 fully saturated rings. The molecule has 3 heterocycles. The van der Waals surface area contributed by atoms with E-state index in [1.165, 1.54) is 12.5 Å². The molecular weight excluding hydrogens is 1380 g/mol. The highest BCUT2D eigenvalue weighted by molar-refractivity contribution is 7.99. The highest BCUT2D eigenvalue weighted by atomic mass is 32.2. The van der Waals surface area contributed by atoms with Crippen LogP contribution in [0.3, 0.4) is 0 Å². The van der Waals surface area contributed by atoms with E-state index in [0.717, 1.165) is 11.8 Å². The molecule has 6 rings (SSSR count). The summed E-state index contributed by atoms with van der Waals surface area (Å²) in [7, 11) is 0. The van der Waals surface area contributed by atoms with Crippen molar-refractivity contribution in [2.75, 3.05) is 37.7 Å². The van der Waals surface area contributed by atoms with Gasteiger partial charge < -0.3 is 102 Å². The number of H-pyrrole nitrogens is 2. The van der Waals surface area contributed by atoms with Crippen molar-refractivity contribution in [2.24, 2.45) is 38.7 Å². The lowest BCUT2D eigenvalue weighted by atomic mass is 10.0. The van der Waals surface area contributed by atoms with Gasteiger partial charge in [0, 0.05) is 79.9 Å². The Bertz CT molecular complexity index is 3790. The monoisotopic (exact) mass is 1460 g/mol. The van der Waals surface area contributed by atoms with Crippen LogP contribution in [0.4, 0.5) is 13.2 Å². The Labute approximate surface area is 590 Å². The zero-order valence-electron chi connectivity index (χ0n) is 55.4. The Morgan fingerprint density at radius 1 is 0.631 bits per heavy atom. The number of nitrogens with zero attached hydrogens (tertiary/aromatic N) is 3. The molecule has 556 valence electrons. The number of alkyl halides is 3. The van der Waals surface area contributed by atoms with Crippen LogP contribution in [0.15, 0.2) is 114 Å². The highest BCUT2D eigenvalue weighted by Gasteiger charge is 2.39. The van der Waals surface area contributed by atoms with Gasteiger partial charge in [0.05, 0.1) is 25.8 Å². The van der Waals surface area contributed by atoms with Gasteiger partial charge in [-0.25, -0.2) is 9.78 Å². The summed E-state index contributed by atoms with van der Waals surface area (Å²) in [6.45, 7) is -1.22. The number of thioether (sulfide) groups is 1. The quantitative estimate of drug-likeness (QED) is 0.0138. The molecule has 39 heteroatoms. The van der Waals surface area contributed by atoms with E-state index in [1.54, 1.807) is 91.1 Å². The van der Waals surface area contributed by atoms with Gasteiger partial charge in [-0.3, -0.25) is 67.5 Å². The third-order valence-electron chi connectivity index (χ3n) is 15.1. The first-order valence-corrected chi connectivity index (χ1v) is 33.2. The van der Waals surface area contributed by atoms with Crippen LogP contribution in [0.1, 0.15) is 67.3 Å². The molecule has 8 atom stereocenters. The van der Waals surface area contributed by atoms with Crippen LogP contribution in [0.25, 0.3) is 10.9 Å². The number of carboxylic acid groups (broad SMARTS) is 2. The van der Waals surface area contributed by atoms with Crippen LogP contribution in [0.5, 0.6) is 0 Å². The Morgan fingerprint density at radius 2 is 1.19 bits per heavy atom. The topological polar surface area (TPSA) is 582 Å². The summed E-state index contributed by atoms with van der Waals surface area (Å²) in [5, 5.41) is 43.9. The van der Waals surface area contributed by atoms with Crippen molar-refractivity contribution >= 4 is 112 Å². The van der Waals surface area contributed by atoms with Gasteiger partial charge in [0.15, 0.2) is 11.9 Å². The van der Waals surface area contributed by atoms with E-state index in [-0.39, 0.29) is 101 Å². The lowest BCUT2D eigenvalue weighted by Crippen LogP contribution is -2.61. The SMILES string of the molecule is NC(=O)CNC(=O)[C@H](Cc1ccccc1)NC(=O)[C@H](CCCN=C(N)N)NC(=O)[C@H](CC(=O)O)NC(=O)C1CSCCCC(=O)NCC(=O)NC(Cc2cnc[nH]2)C(=O)N[C@H](Cc2ccccc2)C(=O)N[C@@H](CCCN=C(N)N)C(=O)N[C@H](Cc2c[nH]c3ccccc23)C(=O)N1.O=C(O)C(F)(F)F. The number of carbonyl (C=O) groups is 13. The van der Waals surface area contributed by atoms with E-state index in [2.05, 4.69) is 78.1 Å². The van der Waals surface area contributed by atoms with Crippen LogP contribution >= 0.6 is 11.8 Å². The number of hydrogen-bond acceptors (Lipinski definition) is 17. The van der Waals surface area contributed by atoms with E-state index >= 15 is 9.59 Å². The molecule has 1 aliphatic heterocycles.